The Labute approximate surface area is 211 Å². The Kier molecular flexibility index (Phi) is 5.33. The molecule has 1 aromatic carbocycles. The fourth-order valence-electron chi connectivity index (χ4n) is 8.53. The van der Waals surface area contributed by atoms with Gasteiger partial charge in [-0.05, 0) is 91.9 Å². The van der Waals surface area contributed by atoms with Gasteiger partial charge in [0.25, 0.3) is 0 Å². The number of carbonyl (C=O) groups excluding carboxylic acids is 2. The van der Waals surface area contributed by atoms with Crippen LogP contribution in [0.25, 0.3) is 11.1 Å². The summed E-state index contributed by atoms with van der Waals surface area (Å²) in [5.74, 6) is 2.38. The highest BCUT2D eigenvalue weighted by atomic mass is 35.5. The molecule has 4 aliphatic rings. The Morgan fingerprint density at radius 1 is 1.20 bits per heavy atom. The van der Waals surface area contributed by atoms with E-state index in [0.717, 1.165) is 19.3 Å². The highest BCUT2D eigenvalue weighted by Gasteiger charge is 2.60. The lowest BCUT2D eigenvalue weighted by Crippen LogP contribution is -2.59. The average molecular weight is 496 g/mol. The first-order chi connectivity index (χ1) is 16.7. The largest absolute Gasteiger partial charge is 0.423 e. The molecule has 35 heavy (non-hydrogen) atoms. The third kappa shape index (κ3) is 3.54. The predicted molar refractivity (Wildman–Crippen MR) is 136 cm³/mol. The van der Waals surface area contributed by atoms with Crippen molar-refractivity contribution in [3.05, 3.63) is 35.4 Å². The lowest BCUT2D eigenvalue weighted by atomic mass is 9.47. The van der Waals surface area contributed by atoms with Gasteiger partial charge in [0.1, 0.15) is 5.52 Å². The van der Waals surface area contributed by atoms with E-state index in [4.69, 9.17) is 16.0 Å². The van der Waals surface area contributed by atoms with Crippen LogP contribution in [0.3, 0.4) is 0 Å². The molecular weight excluding hydrogens is 462 g/mol. The maximum absolute atomic E-state index is 13.0. The van der Waals surface area contributed by atoms with E-state index in [1.54, 1.807) is 24.3 Å². The molecular formula is C28H34ClN3O3. The number of nitrogens with one attached hydrogen (secondary N) is 1. The first-order valence-electron chi connectivity index (χ1n) is 13.0. The second-order valence-electron chi connectivity index (χ2n) is 11.8. The van der Waals surface area contributed by atoms with E-state index in [9.17, 15) is 9.59 Å². The molecule has 7 atom stereocenters. The predicted octanol–water partition coefficient (Wildman–Crippen LogP) is 6.07. The van der Waals surface area contributed by atoms with Crippen molar-refractivity contribution in [2.24, 2.45) is 34.5 Å². The van der Waals surface area contributed by atoms with Gasteiger partial charge < -0.3 is 9.32 Å². The number of carbonyl (C=O) groups is 2. The van der Waals surface area contributed by atoms with Crippen molar-refractivity contribution < 1.29 is 14.0 Å². The number of benzene rings is 1. The molecule has 0 saturated heterocycles. The van der Waals surface area contributed by atoms with Crippen molar-refractivity contribution in [2.75, 3.05) is 12.4 Å². The van der Waals surface area contributed by atoms with Crippen LogP contribution in [0.1, 0.15) is 58.8 Å². The lowest BCUT2D eigenvalue weighted by Gasteiger charge is -2.60. The average Bonchev–Trinajstić information content (AvgIpc) is 3.36. The normalized spacial score (nSPS) is 38.2. The highest BCUT2D eigenvalue weighted by Crippen LogP contribution is 2.66. The molecule has 2 heterocycles. The summed E-state index contributed by atoms with van der Waals surface area (Å²) in [5, 5.41) is 3.48. The number of nitrogens with zero attached hydrogens (tertiary/aromatic N) is 2. The van der Waals surface area contributed by atoms with Gasteiger partial charge in [0.15, 0.2) is 5.58 Å². The van der Waals surface area contributed by atoms with Gasteiger partial charge in [0.05, 0.1) is 0 Å². The van der Waals surface area contributed by atoms with Gasteiger partial charge in [-0.1, -0.05) is 31.5 Å². The standard InChI is InChI=1S/C28H34ClN3O3/c1-27-12-10-20-18(6-9-23-28(20,2)13-11-25(34)32(23)3)19(27)7-4-16(27)14-24(33)31-26-30-21-15-17(29)5-8-22(21)35-26/h5,8,11,13,15-16,18-20,23H,4,6-7,9-10,12,14H2,1-3H3,(H,30,31,33)/t16-,18?,19?,20?,23?,27-,28-/m1/s1. The highest BCUT2D eigenvalue weighted by molar-refractivity contribution is 6.31. The van der Waals surface area contributed by atoms with Gasteiger partial charge in [0, 0.05) is 29.9 Å². The smallest absolute Gasteiger partial charge is 0.302 e. The number of likely N-dealkylation sites (N-methyl/N-ethyl adjacent to an activating group) is 1. The van der Waals surface area contributed by atoms with Gasteiger partial charge >= 0.3 is 6.01 Å². The summed E-state index contributed by atoms with van der Waals surface area (Å²) in [7, 11) is 1.97. The van der Waals surface area contributed by atoms with Crippen LogP contribution >= 0.6 is 11.6 Å². The molecule has 3 saturated carbocycles. The van der Waals surface area contributed by atoms with E-state index in [2.05, 4.69) is 30.2 Å². The molecule has 3 fully saturated rings. The number of hydrogen-bond donors (Lipinski definition) is 1. The molecule has 6 rings (SSSR count). The number of halogens is 1. The SMILES string of the molecule is CN1C(=O)C=C[C@]2(C)C3CC[C@@]4(C)C(CC[C@@H]4CC(=O)Nc4nc5cc(Cl)ccc5o4)C3CCC12. The molecule has 186 valence electrons. The number of rotatable bonds is 3. The maximum atomic E-state index is 13.0. The number of fused-ring (bicyclic) bond motifs is 6. The van der Waals surface area contributed by atoms with Gasteiger partial charge in [0.2, 0.25) is 11.8 Å². The van der Waals surface area contributed by atoms with Gasteiger partial charge in [-0.15, -0.1) is 0 Å². The Morgan fingerprint density at radius 3 is 2.86 bits per heavy atom. The van der Waals surface area contributed by atoms with E-state index in [-0.39, 0.29) is 28.7 Å². The zero-order valence-electron chi connectivity index (χ0n) is 20.7. The van der Waals surface area contributed by atoms with Crippen LogP contribution in [0.5, 0.6) is 0 Å². The molecule has 7 heteroatoms. The minimum atomic E-state index is -0.0253. The van der Waals surface area contributed by atoms with Gasteiger partial charge in [-0.2, -0.15) is 4.98 Å². The Balaban J connectivity index is 1.17. The van der Waals surface area contributed by atoms with Crippen molar-refractivity contribution in [3.63, 3.8) is 0 Å². The lowest BCUT2D eigenvalue weighted by molar-refractivity contribution is -0.139. The molecule has 4 unspecified atom stereocenters. The summed E-state index contributed by atoms with van der Waals surface area (Å²) in [6.45, 7) is 4.81. The second-order valence-corrected chi connectivity index (χ2v) is 12.3. The summed E-state index contributed by atoms with van der Waals surface area (Å²) < 4.78 is 5.70. The zero-order chi connectivity index (χ0) is 24.5. The first kappa shape index (κ1) is 23.1. The molecule has 6 nitrogen and oxygen atoms in total. The molecule has 1 aliphatic heterocycles. The number of oxazole rings is 1. The quantitative estimate of drug-likeness (QED) is 0.561. The molecule has 2 amide bonds. The fraction of sp³-hybridized carbons (Fsp3) is 0.607. The van der Waals surface area contributed by atoms with E-state index in [0.29, 0.717) is 52.3 Å². The number of aromatic nitrogens is 1. The van der Waals surface area contributed by atoms with Crippen LogP contribution in [-0.4, -0.2) is 34.8 Å². The van der Waals surface area contributed by atoms with Crippen LogP contribution in [0.4, 0.5) is 6.01 Å². The minimum Gasteiger partial charge on any atom is -0.423 e. The second kappa shape index (κ2) is 8.09. The maximum Gasteiger partial charge on any atom is 0.302 e. The Bertz CT molecular complexity index is 1220. The molecule has 3 aliphatic carbocycles. The minimum absolute atomic E-state index is 0.0253. The molecule has 2 aromatic rings. The number of anilines is 1. The number of hydrogen-bond acceptors (Lipinski definition) is 4. The molecule has 0 bridgehead atoms. The van der Waals surface area contributed by atoms with E-state index >= 15 is 0 Å². The van der Waals surface area contributed by atoms with Crippen molar-refractivity contribution in [2.45, 2.75) is 64.8 Å². The first-order valence-corrected chi connectivity index (χ1v) is 13.4. The zero-order valence-corrected chi connectivity index (χ0v) is 21.5. The van der Waals surface area contributed by atoms with Gasteiger partial charge in [-0.3, -0.25) is 14.9 Å². The topological polar surface area (TPSA) is 75.4 Å². The van der Waals surface area contributed by atoms with Crippen LogP contribution < -0.4 is 5.32 Å². The third-order valence-corrected chi connectivity index (χ3v) is 10.6. The third-order valence-electron chi connectivity index (χ3n) is 10.4. The van der Waals surface area contributed by atoms with Crippen molar-refractivity contribution in [3.8, 4) is 0 Å². The summed E-state index contributed by atoms with van der Waals surface area (Å²) in [5.41, 5.74) is 1.49. The molecule has 1 aromatic heterocycles. The van der Waals surface area contributed by atoms with Crippen molar-refractivity contribution in [1.29, 1.82) is 0 Å². The Hall–Kier alpha value is -2.34. The molecule has 0 radical (unpaired) electrons. The van der Waals surface area contributed by atoms with Crippen molar-refractivity contribution >= 4 is 40.5 Å². The van der Waals surface area contributed by atoms with E-state index in [1.165, 1.54) is 19.3 Å². The van der Waals surface area contributed by atoms with Crippen LogP contribution in [0, 0.1) is 34.5 Å². The van der Waals surface area contributed by atoms with Crippen LogP contribution in [-0.2, 0) is 9.59 Å². The van der Waals surface area contributed by atoms with Crippen LogP contribution in [0.2, 0.25) is 5.02 Å². The summed E-state index contributed by atoms with van der Waals surface area (Å²) in [6, 6.07) is 5.81. The Morgan fingerprint density at radius 2 is 2.03 bits per heavy atom. The van der Waals surface area contributed by atoms with E-state index < -0.39 is 0 Å². The summed E-state index contributed by atoms with van der Waals surface area (Å²) in [6.07, 6.45) is 11.4. The van der Waals surface area contributed by atoms with Crippen molar-refractivity contribution in [1.82, 2.24) is 9.88 Å². The summed E-state index contributed by atoms with van der Waals surface area (Å²) >= 11 is 6.05. The monoisotopic (exact) mass is 495 g/mol. The number of amides is 2. The fourth-order valence-corrected chi connectivity index (χ4v) is 8.70. The van der Waals surface area contributed by atoms with Crippen LogP contribution in [0.15, 0.2) is 34.8 Å². The molecule has 0 spiro atoms. The van der Waals surface area contributed by atoms with Gasteiger partial charge in [-0.25, -0.2) is 0 Å². The molecule has 1 N–H and O–H groups in total. The van der Waals surface area contributed by atoms with E-state index in [1.807, 2.05) is 11.9 Å². The summed E-state index contributed by atoms with van der Waals surface area (Å²) in [4.78, 5) is 31.7.